The van der Waals surface area contributed by atoms with E-state index >= 15 is 0 Å². The second-order valence-electron chi connectivity index (χ2n) is 5.53. The molecule has 3 rings (SSSR count). The zero-order valence-corrected chi connectivity index (χ0v) is 14.5. The van der Waals surface area contributed by atoms with E-state index in [1.54, 1.807) is 26.0 Å². The average Bonchev–Trinajstić information content (AvgIpc) is 2.99. The molecule has 6 nitrogen and oxygen atoms in total. The highest BCUT2D eigenvalue weighted by molar-refractivity contribution is 7.17. The van der Waals surface area contributed by atoms with Crippen molar-refractivity contribution in [3.05, 3.63) is 74.8 Å². The predicted molar refractivity (Wildman–Crippen MR) is 98.1 cm³/mol. The van der Waals surface area contributed by atoms with Crippen LogP contribution in [0.3, 0.4) is 0 Å². The number of nitro benzene ring substituents is 1. The van der Waals surface area contributed by atoms with Crippen LogP contribution in [-0.4, -0.2) is 15.8 Å². The minimum Gasteiger partial charge on any atom is -0.315 e. The summed E-state index contributed by atoms with van der Waals surface area (Å²) in [7, 11) is 0. The van der Waals surface area contributed by atoms with E-state index in [0.717, 1.165) is 16.1 Å². The molecule has 126 valence electrons. The van der Waals surface area contributed by atoms with Gasteiger partial charge in [0.1, 0.15) is 15.6 Å². The number of amides is 1. The van der Waals surface area contributed by atoms with Crippen LogP contribution >= 0.6 is 11.3 Å². The quantitative estimate of drug-likeness (QED) is 0.549. The number of nitrogens with one attached hydrogen (secondary N) is 1. The molecule has 0 saturated heterocycles. The minimum atomic E-state index is -0.502. The summed E-state index contributed by atoms with van der Waals surface area (Å²) in [5.74, 6) is -0.399. The number of aryl methyl sites for hydroxylation is 2. The van der Waals surface area contributed by atoms with Crippen LogP contribution in [0.5, 0.6) is 0 Å². The van der Waals surface area contributed by atoms with Crippen LogP contribution in [0.15, 0.2) is 48.5 Å². The van der Waals surface area contributed by atoms with Gasteiger partial charge in [-0.3, -0.25) is 14.9 Å². The second-order valence-corrected chi connectivity index (χ2v) is 6.53. The number of anilines is 1. The molecule has 1 heterocycles. The van der Waals surface area contributed by atoms with E-state index < -0.39 is 10.8 Å². The largest absolute Gasteiger partial charge is 0.315 e. The van der Waals surface area contributed by atoms with Crippen LogP contribution in [0.1, 0.15) is 20.9 Å². The van der Waals surface area contributed by atoms with E-state index in [0.29, 0.717) is 10.6 Å². The summed E-state index contributed by atoms with van der Waals surface area (Å²) in [6.45, 7) is 3.51. The van der Waals surface area contributed by atoms with E-state index in [2.05, 4.69) is 10.3 Å². The van der Waals surface area contributed by atoms with Gasteiger partial charge in [0.2, 0.25) is 0 Å². The van der Waals surface area contributed by atoms with Crippen molar-refractivity contribution in [3.63, 3.8) is 0 Å². The Hall–Kier alpha value is -3.06. The van der Waals surface area contributed by atoms with Gasteiger partial charge < -0.3 is 5.32 Å². The van der Waals surface area contributed by atoms with E-state index in [4.69, 9.17) is 0 Å². The molecule has 7 heteroatoms. The van der Waals surface area contributed by atoms with Crippen molar-refractivity contribution >= 4 is 28.6 Å². The van der Waals surface area contributed by atoms with Gasteiger partial charge in [0.15, 0.2) is 0 Å². The Morgan fingerprint density at radius 3 is 2.56 bits per heavy atom. The maximum atomic E-state index is 12.6. The summed E-state index contributed by atoms with van der Waals surface area (Å²) < 4.78 is 0. The van der Waals surface area contributed by atoms with Gasteiger partial charge in [0.05, 0.1) is 10.6 Å². The fourth-order valence-electron chi connectivity index (χ4n) is 2.39. The van der Waals surface area contributed by atoms with Gasteiger partial charge in [-0.1, -0.05) is 36.4 Å². The highest BCUT2D eigenvalue weighted by atomic mass is 32.1. The number of nitrogens with zero attached hydrogens (tertiary/aromatic N) is 2. The van der Waals surface area contributed by atoms with Crippen molar-refractivity contribution in [1.29, 1.82) is 0 Å². The highest BCUT2D eigenvalue weighted by Gasteiger charge is 2.20. The molecule has 0 bridgehead atoms. The van der Waals surface area contributed by atoms with Gasteiger partial charge >= 0.3 is 0 Å². The maximum absolute atomic E-state index is 12.6. The summed E-state index contributed by atoms with van der Waals surface area (Å²) in [5, 5.41) is 14.6. The fourth-order valence-corrected chi connectivity index (χ4v) is 3.36. The normalized spacial score (nSPS) is 10.5. The summed E-state index contributed by atoms with van der Waals surface area (Å²) in [6, 6.07) is 14.3. The van der Waals surface area contributed by atoms with E-state index in [1.165, 1.54) is 17.4 Å². The van der Waals surface area contributed by atoms with Gasteiger partial charge in [0, 0.05) is 11.6 Å². The number of benzene rings is 2. The predicted octanol–water partition coefficient (Wildman–Crippen LogP) is 4.59. The van der Waals surface area contributed by atoms with E-state index in [9.17, 15) is 14.9 Å². The molecule has 3 aromatic rings. The Balaban J connectivity index is 1.90. The summed E-state index contributed by atoms with van der Waals surface area (Å²) >= 11 is 1.26. The number of rotatable bonds is 4. The molecule has 25 heavy (non-hydrogen) atoms. The number of thiazole rings is 1. The molecule has 0 radical (unpaired) electrons. The van der Waals surface area contributed by atoms with E-state index in [1.807, 2.05) is 30.3 Å². The van der Waals surface area contributed by atoms with Crippen LogP contribution in [0.4, 0.5) is 11.4 Å². The monoisotopic (exact) mass is 353 g/mol. The number of carbonyl (C=O) groups excluding carboxylic acids is 1. The zero-order valence-electron chi connectivity index (χ0n) is 13.6. The number of aromatic nitrogens is 1. The van der Waals surface area contributed by atoms with E-state index in [-0.39, 0.29) is 11.4 Å². The van der Waals surface area contributed by atoms with Gasteiger partial charge in [-0.05, 0) is 25.5 Å². The molecular formula is C18H15N3O3S. The van der Waals surface area contributed by atoms with Gasteiger partial charge in [-0.2, -0.15) is 0 Å². The fraction of sp³-hybridized carbons (Fsp3) is 0.111. The number of carbonyl (C=O) groups is 1. The molecule has 2 aromatic carbocycles. The molecule has 1 N–H and O–H groups in total. The number of nitro groups is 1. The van der Waals surface area contributed by atoms with Crippen molar-refractivity contribution in [2.75, 3.05) is 5.32 Å². The average molecular weight is 353 g/mol. The van der Waals surface area contributed by atoms with Crippen molar-refractivity contribution < 1.29 is 9.72 Å². The van der Waals surface area contributed by atoms with Crippen LogP contribution in [0, 0.1) is 24.0 Å². The van der Waals surface area contributed by atoms with Crippen LogP contribution in [0.2, 0.25) is 0 Å². The maximum Gasteiger partial charge on any atom is 0.293 e. The molecular weight excluding hydrogens is 338 g/mol. The first kappa shape index (κ1) is 16.8. The van der Waals surface area contributed by atoms with Gasteiger partial charge in [0.25, 0.3) is 11.6 Å². The molecule has 0 atom stereocenters. The number of hydrogen-bond acceptors (Lipinski definition) is 5. The van der Waals surface area contributed by atoms with Crippen LogP contribution in [-0.2, 0) is 0 Å². The lowest BCUT2D eigenvalue weighted by molar-refractivity contribution is -0.384. The van der Waals surface area contributed by atoms with Crippen molar-refractivity contribution in [2.45, 2.75) is 13.8 Å². The third-order valence-electron chi connectivity index (χ3n) is 3.62. The Morgan fingerprint density at radius 1 is 1.16 bits per heavy atom. The first-order chi connectivity index (χ1) is 12.0. The smallest absolute Gasteiger partial charge is 0.293 e. The molecule has 0 aliphatic carbocycles. The lowest BCUT2D eigenvalue weighted by atomic mass is 10.2. The summed E-state index contributed by atoms with van der Waals surface area (Å²) in [4.78, 5) is 28.1. The molecule has 0 aliphatic heterocycles. The molecule has 0 spiro atoms. The molecule has 0 unspecified atom stereocenters. The minimum absolute atomic E-state index is 0.126. The lowest BCUT2D eigenvalue weighted by Crippen LogP contribution is -2.13. The third kappa shape index (κ3) is 3.56. The number of hydrogen-bond donors (Lipinski definition) is 1. The Morgan fingerprint density at radius 2 is 1.88 bits per heavy atom. The lowest BCUT2D eigenvalue weighted by Gasteiger charge is -2.05. The molecule has 0 aliphatic rings. The van der Waals surface area contributed by atoms with Crippen LogP contribution in [0.25, 0.3) is 10.6 Å². The zero-order chi connectivity index (χ0) is 18.0. The highest BCUT2D eigenvalue weighted by Crippen LogP contribution is 2.30. The first-order valence-corrected chi connectivity index (χ1v) is 8.36. The molecule has 1 amide bonds. The molecule has 0 fully saturated rings. The standard InChI is InChI=1S/C18H15N3O3S/c1-11-8-9-14(15(10-11)21(23)24)20-17(22)16-12(2)19-18(25-16)13-6-4-3-5-7-13/h3-10H,1-2H3,(H,20,22). The Labute approximate surface area is 148 Å². The Kier molecular flexibility index (Phi) is 4.58. The van der Waals surface area contributed by atoms with Crippen molar-refractivity contribution in [1.82, 2.24) is 4.98 Å². The molecule has 0 saturated carbocycles. The topological polar surface area (TPSA) is 85.1 Å². The SMILES string of the molecule is Cc1ccc(NC(=O)c2sc(-c3ccccc3)nc2C)c([N+](=O)[O-])c1. The van der Waals surface area contributed by atoms with Crippen molar-refractivity contribution in [2.24, 2.45) is 0 Å². The first-order valence-electron chi connectivity index (χ1n) is 7.55. The second kappa shape index (κ2) is 6.82. The van der Waals surface area contributed by atoms with Crippen molar-refractivity contribution in [3.8, 4) is 10.6 Å². The summed E-state index contributed by atoms with van der Waals surface area (Å²) in [6.07, 6.45) is 0. The third-order valence-corrected chi connectivity index (χ3v) is 4.83. The molecule has 1 aromatic heterocycles. The van der Waals surface area contributed by atoms with Gasteiger partial charge in [-0.15, -0.1) is 11.3 Å². The Bertz CT molecular complexity index is 951. The van der Waals surface area contributed by atoms with Crippen LogP contribution < -0.4 is 5.32 Å². The van der Waals surface area contributed by atoms with Gasteiger partial charge in [-0.25, -0.2) is 4.98 Å². The summed E-state index contributed by atoms with van der Waals surface area (Å²) in [5.41, 5.74) is 2.32.